The Labute approximate surface area is 47.8 Å². The van der Waals surface area contributed by atoms with Crippen molar-refractivity contribution < 1.29 is 4.79 Å². The Morgan fingerprint density at radius 3 is 2.50 bits per heavy atom. The number of aldehydes is 1. The van der Waals surface area contributed by atoms with E-state index in [0.717, 1.165) is 25.2 Å². The molecule has 0 radical (unpaired) electrons. The largest absolute Gasteiger partial charge is 0.370 e. The third-order valence-electron chi connectivity index (χ3n) is 0.991. The van der Waals surface area contributed by atoms with E-state index in [1.165, 1.54) is 6.08 Å². The average Bonchev–Trinajstić information content (AvgIpc) is 2.19. The van der Waals surface area contributed by atoms with Crippen molar-refractivity contribution in [3.8, 4) is 0 Å². The molecule has 1 heterocycles. The van der Waals surface area contributed by atoms with Crippen LogP contribution >= 0.6 is 0 Å². The zero-order valence-electron chi connectivity index (χ0n) is 4.48. The van der Waals surface area contributed by atoms with Gasteiger partial charge in [-0.15, -0.1) is 0 Å². The average molecular weight is 112 g/mol. The number of hydrogen-bond donors (Lipinski definition) is 2. The smallest absolute Gasteiger partial charge is 0.146 e. The Balaban J connectivity index is 2.44. The molecule has 0 aromatic heterocycles. The molecule has 0 atom stereocenters. The second-order valence-electron chi connectivity index (χ2n) is 1.57. The predicted octanol–water partition coefficient (Wildman–Crippen LogP) is -0.781. The van der Waals surface area contributed by atoms with Crippen LogP contribution in [0.4, 0.5) is 0 Å². The number of nitrogens with one attached hydrogen (secondary N) is 2. The van der Waals surface area contributed by atoms with E-state index >= 15 is 0 Å². The van der Waals surface area contributed by atoms with Crippen LogP contribution in [0.2, 0.25) is 0 Å². The fourth-order valence-corrected chi connectivity index (χ4v) is 0.643. The normalized spacial score (nSPS) is 16.8. The third kappa shape index (κ3) is 0.992. The molecule has 0 spiro atoms. The van der Waals surface area contributed by atoms with Gasteiger partial charge in [0.2, 0.25) is 0 Å². The summed E-state index contributed by atoms with van der Waals surface area (Å²) in [6.07, 6.45) is 2.24. The van der Waals surface area contributed by atoms with Crippen LogP contribution in [0.1, 0.15) is 0 Å². The number of hydrogen-bond acceptors (Lipinski definition) is 3. The van der Waals surface area contributed by atoms with E-state index in [0.29, 0.717) is 0 Å². The van der Waals surface area contributed by atoms with E-state index in [-0.39, 0.29) is 0 Å². The first-order valence-corrected chi connectivity index (χ1v) is 2.56. The van der Waals surface area contributed by atoms with E-state index in [1.54, 1.807) is 0 Å². The summed E-state index contributed by atoms with van der Waals surface area (Å²) < 4.78 is 0. The molecule has 2 N–H and O–H groups in total. The Bertz CT molecular complexity index is 112. The SMILES string of the molecule is O=CC=C1NCCN1. The van der Waals surface area contributed by atoms with Crippen molar-refractivity contribution in [1.82, 2.24) is 10.6 Å². The van der Waals surface area contributed by atoms with Crippen LogP contribution in [0, 0.1) is 0 Å². The highest BCUT2D eigenvalue weighted by Crippen LogP contribution is 1.85. The van der Waals surface area contributed by atoms with Gasteiger partial charge < -0.3 is 10.6 Å². The van der Waals surface area contributed by atoms with Gasteiger partial charge >= 0.3 is 0 Å². The molecule has 0 unspecified atom stereocenters. The van der Waals surface area contributed by atoms with Crippen molar-refractivity contribution in [2.24, 2.45) is 0 Å². The van der Waals surface area contributed by atoms with Gasteiger partial charge in [-0.2, -0.15) is 0 Å². The maximum absolute atomic E-state index is 9.80. The van der Waals surface area contributed by atoms with Crippen LogP contribution in [-0.2, 0) is 4.79 Å². The van der Waals surface area contributed by atoms with Gasteiger partial charge in [0.05, 0.1) is 0 Å². The number of carbonyl (C=O) groups is 1. The predicted molar refractivity (Wildman–Crippen MR) is 30.2 cm³/mol. The second kappa shape index (κ2) is 2.35. The van der Waals surface area contributed by atoms with Gasteiger partial charge in [0.15, 0.2) is 0 Å². The van der Waals surface area contributed by atoms with Crippen LogP contribution in [0.5, 0.6) is 0 Å². The first-order valence-electron chi connectivity index (χ1n) is 2.56. The van der Waals surface area contributed by atoms with E-state index in [9.17, 15) is 4.79 Å². The summed E-state index contributed by atoms with van der Waals surface area (Å²) in [5, 5.41) is 5.95. The summed E-state index contributed by atoms with van der Waals surface area (Å²) in [5.41, 5.74) is 0. The molecule has 3 heteroatoms. The van der Waals surface area contributed by atoms with Gasteiger partial charge in [-0.1, -0.05) is 0 Å². The fourth-order valence-electron chi connectivity index (χ4n) is 0.643. The third-order valence-corrected chi connectivity index (χ3v) is 0.991. The van der Waals surface area contributed by atoms with Crippen LogP contribution in [-0.4, -0.2) is 19.4 Å². The van der Waals surface area contributed by atoms with Crippen molar-refractivity contribution in [1.29, 1.82) is 0 Å². The Kier molecular flexibility index (Phi) is 1.51. The molecule has 44 valence electrons. The van der Waals surface area contributed by atoms with Gasteiger partial charge in [-0.3, -0.25) is 4.79 Å². The summed E-state index contributed by atoms with van der Waals surface area (Å²) in [4.78, 5) is 9.80. The highest BCUT2D eigenvalue weighted by atomic mass is 16.1. The van der Waals surface area contributed by atoms with Crippen molar-refractivity contribution in [2.75, 3.05) is 13.1 Å². The first kappa shape index (κ1) is 5.15. The standard InChI is InChI=1S/C5H8N2O/c8-4-1-5-6-2-3-7-5/h1,4,6-7H,2-3H2. The van der Waals surface area contributed by atoms with Gasteiger partial charge in [-0.05, 0) is 0 Å². The lowest BCUT2D eigenvalue weighted by molar-refractivity contribution is -0.104. The maximum Gasteiger partial charge on any atom is 0.146 e. The molecule has 0 aromatic carbocycles. The highest BCUT2D eigenvalue weighted by Gasteiger charge is 1.99. The molecule has 0 aromatic rings. The summed E-state index contributed by atoms with van der Waals surface area (Å²) in [5.74, 6) is 0.833. The monoisotopic (exact) mass is 112 g/mol. The lowest BCUT2D eigenvalue weighted by atomic mass is 10.6. The van der Waals surface area contributed by atoms with Crippen LogP contribution in [0.15, 0.2) is 11.9 Å². The molecule has 1 rings (SSSR count). The minimum atomic E-state index is 0.765. The maximum atomic E-state index is 9.80. The summed E-state index contributed by atoms with van der Waals surface area (Å²) in [6.45, 7) is 1.83. The molecule has 8 heavy (non-hydrogen) atoms. The van der Waals surface area contributed by atoms with Gasteiger partial charge in [0.25, 0.3) is 0 Å². The van der Waals surface area contributed by atoms with E-state index in [2.05, 4.69) is 10.6 Å². The summed E-state index contributed by atoms with van der Waals surface area (Å²) >= 11 is 0. The molecule has 1 saturated heterocycles. The van der Waals surface area contributed by atoms with E-state index in [4.69, 9.17) is 0 Å². The molecular formula is C5H8N2O. The topological polar surface area (TPSA) is 41.1 Å². The molecule has 3 nitrogen and oxygen atoms in total. The molecule has 0 saturated carbocycles. The minimum Gasteiger partial charge on any atom is -0.370 e. The van der Waals surface area contributed by atoms with Crippen molar-refractivity contribution in [3.63, 3.8) is 0 Å². The molecule has 1 fully saturated rings. The Hall–Kier alpha value is -0.990. The zero-order valence-corrected chi connectivity index (χ0v) is 4.48. The van der Waals surface area contributed by atoms with Crippen LogP contribution < -0.4 is 10.6 Å². The Morgan fingerprint density at radius 2 is 2.00 bits per heavy atom. The molecule has 1 aliphatic heterocycles. The van der Waals surface area contributed by atoms with E-state index in [1.807, 2.05) is 0 Å². The van der Waals surface area contributed by atoms with Gasteiger partial charge in [-0.25, -0.2) is 0 Å². The fraction of sp³-hybridized carbons (Fsp3) is 0.400. The van der Waals surface area contributed by atoms with Crippen molar-refractivity contribution in [2.45, 2.75) is 0 Å². The molecule has 0 aliphatic carbocycles. The lowest BCUT2D eigenvalue weighted by Crippen LogP contribution is -2.09. The van der Waals surface area contributed by atoms with Crippen molar-refractivity contribution in [3.05, 3.63) is 11.9 Å². The lowest BCUT2D eigenvalue weighted by Gasteiger charge is -1.92. The summed E-state index contributed by atoms with van der Waals surface area (Å²) in [6, 6.07) is 0. The van der Waals surface area contributed by atoms with Crippen molar-refractivity contribution >= 4 is 6.29 Å². The Morgan fingerprint density at radius 1 is 1.38 bits per heavy atom. The van der Waals surface area contributed by atoms with E-state index < -0.39 is 0 Å². The number of carbonyl (C=O) groups excluding carboxylic acids is 1. The zero-order chi connectivity index (χ0) is 5.82. The molecule has 0 bridgehead atoms. The van der Waals surface area contributed by atoms with Crippen LogP contribution in [0.25, 0.3) is 0 Å². The minimum absolute atomic E-state index is 0.765. The van der Waals surface area contributed by atoms with Gasteiger partial charge in [0, 0.05) is 19.2 Å². The quantitative estimate of drug-likeness (QED) is 0.345. The number of allylic oxidation sites excluding steroid dienone is 1. The summed E-state index contributed by atoms with van der Waals surface area (Å²) in [7, 11) is 0. The molecule has 0 amide bonds. The number of rotatable bonds is 1. The first-order chi connectivity index (χ1) is 3.93. The van der Waals surface area contributed by atoms with Gasteiger partial charge in [0.1, 0.15) is 12.1 Å². The van der Waals surface area contributed by atoms with Crippen LogP contribution in [0.3, 0.4) is 0 Å². The second-order valence-corrected chi connectivity index (χ2v) is 1.57. The molecular weight excluding hydrogens is 104 g/mol. The highest BCUT2D eigenvalue weighted by molar-refractivity contribution is 5.65. The molecule has 1 aliphatic rings.